The van der Waals surface area contributed by atoms with Gasteiger partial charge in [-0.1, -0.05) is 12.1 Å². The van der Waals surface area contributed by atoms with Gasteiger partial charge in [-0.2, -0.15) is 5.10 Å². The predicted octanol–water partition coefficient (Wildman–Crippen LogP) is 3.63. The fourth-order valence-corrected chi connectivity index (χ4v) is 1.89. The highest BCUT2D eigenvalue weighted by Crippen LogP contribution is 2.15. The van der Waals surface area contributed by atoms with Crippen molar-refractivity contribution in [2.24, 2.45) is 5.16 Å². The standard InChI is InChI=1S/C16H21N3O2/c1-4-12(2)19-10-9-15(17-19)11-21-16-7-5-14(6-8-16)13(3)18-20/h5-10,12,20H,4,11H2,1-3H3. The molecule has 0 aliphatic rings. The fourth-order valence-electron chi connectivity index (χ4n) is 1.89. The van der Waals surface area contributed by atoms with E-state index in [1.807, 2.05) is 41.2 Å². The smallest absolute Gasteiger partial charge is 0.132 e. The van der Waals surface area contributed by atoms with Gasteiger partial charge in [-0.15, -0.1) is 0 Å². The summed E-state index contributed by atoms with van der Waals surface area (Å²) in [5.74, 6) is 0.766. The maximum absolute atomic E-state index is 8.72. The Kier molecular flexibility index (Phi) is 4.98. The summed E-state index contributed by atoms with van der Waals surface area (Å²) in [6.45, 7) is 6.47. The summed E-state index contributed by atoms with van der Waals surface area (Å²) >= 11 is 0. The lowest BCUT2D eigenvalue weighted by molar-refractivity contribution is 0.298. The van der Waals surface area contributed by atoms with E-state index in [1.54, 1.807) is 6.92 Å². The second-order valence-corrected chi connectivity index (χ2v) is 5.04. The summed E-state index contributed by atoms with van der Waals surface area (Å²) in [7, 11) is 0. The second kappa shape index (κ2) is 6.92. The van der Waals surface area contributed by atoms with Crippen LogP contribution in [-0.2, 0) is 6.61 Å². The first-order valence-electron chi connectivity index (χ1n) is 7.10. The van der Waals surface area contributed by atoms with Crippen molar-refractivity contribution in [3.8, 4) is 5.75 Å². The van der Waals surface area contributed by atoms with Crippen molar-refractivity contribution in [1.82, 2.24) is 9.78 Å². The van der Waals surface area contributed by atoms with Crippen LogP contribution in [0.3, 0.4) is 0 Å². The molecule has 0 aliphatic carbocycles. The summed E-state index contributed by atoms with van der Waals surface area (Å²) in [6, 6.07) is 9.82. The minimum Gasteiger partial charge on any atom is -0.487 e. The van der Waals surface area contributed by atoms with Gasteiger partial charge >= 0.3 is 0 Å². The van der Waals surface area contributed by atoms with Gasteiger partial charge in [0.25, 0.3) is 0 Å². The van der Waals surface area contributed by atoms with E-state index < -0.39 is 0 Å². The highest BCUT2D eigenvalue weighted by Gasteiger charge is 2.05. The summed E-state index contributed by atoms with van der Waals surface area (Å²) in [5, 5.41) is 16.4. The van der Waals surface area contributed by atoms with Crippen LogP contribution >= 0.6 is 0 Å². The zero-order valence-corrected chi connectivity index (χ0v) is 12.7. The summed E-state index contributed by atoms with van der Waals surface area (Å²) < 4.78 is 7.67. The molecule has 0 spiro atoms. The Hall–Kier alpha value is -2.30. The molecule has 1 heterocycles. The Labute approximate surface area is 124 Å². The number of oxime groups is 1. The zero-order valence-electron chi connectivity index (χ0n) is 12.7. The highest BCUT2D eigenvalue weighted by molar-refractivity contribution is 5.98. The molecule has 0 radical (unpaired) electrons. The van der Waals surface area contributed by atoms with Crippen molar-refractivity contribution in [2.45, 2.75) is 39.8 Å². The van der Waals surface area contributed by atoms with Gasteiger partial charge in [0.2, 0.25) is 0 Å². The number of ether oxygens (including phenoxy) is 1. The summed E-state index contributed by atoms with van der Waals surface area (Å²) in [6.07, 6.45) is 3.03. The molecule has 0 saturated carbocycles. The van der Waals surface area contributed by atoms with Crippen LogP contribution in [0, 0.1) is 0 Å². The lowest BCUT2D eigenvalue weighted by Crippen LogP contribution is -2.05. The molecule has 1 atom stereocenters. The van der Waals surface area contributed by atoms with Gasteiger partial charge in [-0.05, 0) is 56.2 Å². The predicted molar refractivity (Wildman–Crippen MR) is 82.0 cm³/mol. The molecule has 1 unspecified atom stereocenters. The minimum atomic E-state index is 0.402. The average Bonchev–Trinajstić information content (AvgIpc) is 3.01. The summed E-state index contributed by atoms with van der Waals surface area (Å²) in [4.78, 5) is 0. The van der Waals surface area contributed by atoms with Crippen molar-refractivity contribution in [3.05, 3.63) is 47.8 Å². The maximum atomic E-state index is 8.72. The third kappa shape index (κ3) is 3.84. The zero-order chi connectivity index (χ0) is 15.2. The Bertz CT molecular complexity index is 602. The highest BCUT2D eigenvalue weighted by atomic mass is 16.5. The Morgan fingerprint density at radius 1 is 1.33 bits per heavy atom. The minimum absolute atomic E-state index is 0.402. The number of hydrogen-bond acceptors (Lipinski definition) is 4. The van der Waals surface area contributed by atoms with Crippen LogP contribution in [-0.4, -0.2) is 20.7 Å². The molecule has 0 bridgehead atoms. The van der Waals surface area contributed by atoms with Crippen molar-refractivity contribution in [2.75, 3.05) is 0 Å². The SMILES string of the molecule is CCC(C)n1ccc(COc2ccc(C(C)=NO)cc2)n1. The van der Waals surface area contributed by atoms with Crippen LogP contribution in [0.25, 0.3) is 0 Å². The van der Waals surface area contributed by atoms with E-state index in [4.69, 9.17) is 9.94 Å². The molecule has 1 aromatic carbocycles. The van der Waals surface area contributed by atoms with Crippen molar-refractivity contribution >= 4 is 5.71 Å². The van der Waals surface area contributed by atoms with E-state index in [2.05, 4.69) is 24.1 Å². The van der Waals surface area contributed by atoms with E-state index in [0.717, 1.165) is 23.4 Å². The van der Waals surface area contributed by atoms with Crippen LogP contribution < -0.4 is 4.74 Å². The monoisotopic (exact) mass is 287 g/mol. The number of rotatable bonds is 6. The van der Waals surface area contributed by atoms with Gasteiger partial charge in [-0.3, -0.25) is 4.68 Å². The number of nitrogens with zero attached hydrogens (tertiary/aromatic N) is 3. The molecule has 2 rings (SSSR count). The first-order valence-corrected chi connectivity index (χ1v) is 7.10. The van der Waals surface area contributed by atoms with Crippen LogP contribution in [0.15, 0.2) is 41.7 Å². The Morgan fingerprint density at radius 2 is 2.05 bits per heavy atom. The van der Waals surface area contributed by atoms with E-state index in [0.29, 0.717) is 18.4 Å². The molecule has 0 saturated heterocycles. The van der Waals surface area contributed by atoms with Gasteiger partial charge in [0.1, 0.15) is 12.4 Å². The molecule has 0 amide bonds. The number of benzene rings is 1. The Morgan fingerprint density at radius 3 is 2.67 bits per heavy atom. The molecule has 1 aromatic heterocycles. The number of hydrogen-bond donors (Lipinski definition) is 1. The van der Waals surface area contributed by atoms with Crippen LogP contribution in [0.1, 0.15) is 44.5 Å². The lowest BCUT2D eigenvalue weighted by atomic mass is 10.1. The first-order chi connectivity index (χ1) is 10.1. The molecular weight excluding hydrogens is 266 g/mol. The lowest BCUT2D eigenvalue weighted by Gasteiger charge is -2.08. The van der Waals surface area contributed by atoms with Crippen molar-refractivity contribution in [1.29, 1.82) is 0 Å². The van der Waals surface area contributed by atoms with Crippen LogP contribution in [0.4, 0.5) is 0 Å². The normalized spacial score (nSPS) is 13.2. The average molecular weight is 287 g/mol. The molecular formula is C16H21N3O2. The van der Waals surface area contributed by atoms with Gasteiger partial charge in [0.05, 0.1) is 11.4 Å². The van der Waals surface area contributed by atoms with E-state index in [-0.39, 0.29) is 0 Å². The van der Waals surface area contributed by atoms with Gasteiger partial charge < -0.3 is 9.94 Å². The number of aromatic nitrogens is 2. The molecule has 112 valence electrons. The molecule has 0 fully saturated rings. The topological polar surface area (TPSA) is 59.6 Å². The molecule has 5 heteroatoms. The van der Waals surface area contributed by atoms with Crippen LogP contribution in [0.5, 0.6) is 5.75 Å². The van der Waals surface area contributed by atoms with E-state index >= 15 is 0 Å². The molecule has 0 aliphatic heterocycles. The van der Waals surface area contributed by atoms with E-state index in [1.165, 1.54) is 0 Å². The second-order valence-electron chi connectivity index (χ2n) is 5.04. The fraction of sp³-hybridized carbons (Fsp3) is 0.375. The largest absolute Gasteiger partial charge is 0.487 e. The first kappa shape index (κ1) is 15.1. The van der Waals surface area contributed by atoms with Crippen molar-refractivity contribution in [3.63, 3.8) is 0 Å². The van der Waals surface area contributed by atoms with Crippen LogP contribution in [0.2, 0.25) is 0 Å². The Balaban J connectivity index is 1.95. The quantitative estimate of drug-likeness (QED) is 0.501. The molecule has 2 aromatic rings. The van der Waals surface area contributed by atoms with E-state index in [9.17, 15) is 0 Å². The third-order valence-electron chi connectivity index (χ3n) is 3.51. The molecule has 21 heavy (non-hydrogen) atoms. The van der Waals surface area contributed by atoms with Gasteiger partial charge in [0.15, 0.2) is 0 Å². The molecule has 5 nitrogen and oxygen atoms in total. The van der Waals surface area contributed by atoms with Gasteiger partial charge in [0, 0.05) is 12.2 Å². The van der Waals surface area contributed by atoms with Crippen molar-refractivity contribution < 1.29 is 9.94 Å². The van der Waals surface area contributed by atoms with Gasteiger partial charge in [-0.25, -0.2) is 0 Å². The summed E-state index contributed by atoms with van der Waals surface area (Å²) in [5.41, 5.74) is 2.35. The maximum Gasteiger partial charge on any atom is 0.132 e. The third-order valence-corrected chi connectivity index (χ3v) is 3.51. The molecule has 1 N–H and O–H groups in total.